The number of aromatic carboxylic acids is 1. The number of hydrogen-bond donors (Lipinski definition) is 4. The number of carboxylic acid groups (broad SMARTS) is 1. The molecule has 3 amide bonds. The summed E-state index contributed by atoms with van der Waals surface area (Å²) >= 11 is 2.40. The molecule has 1 unspecified atom stereocenters. The summed E-state index contributed by atoms with van der Waals surface area (Å²) in [5.41, 5.74) is 5.32. The van der Waals surface area contributed by atoms with Gasteiger partial charge in [0.15, 0.2) is 0 Å². The third-order valence-corrected chi connectivity index (χ3v) is 4.05. The normalized spacial score (nSPS) is 11.7. The van der Waals surface area contributed by atoms with Crippen molar-refractivity contribution in [2.45, 2.75) is 19.4 Å². The monoisotopic (exact) mass is 332 g/mol. The Balaban J connectivity index is 2.85. The standard InChI is InChI=1S/C11H16N4O4S2/c1-5-7(10(17)18)9(21-15-5)14-8(16)6(3-4-20-2)13-11(12)19/h6H,3-4H2,1-2H3,(H,14,16)(H,17,18)(H3,12,13,19). The fourth-order valence-electron chi connectivity index (χ4n) is 1.58. The Hall–Kier alpha value is -1.81. The van der Waals surface area contributed by atoms with Gasteiger partial charge in [-0.3, -0.25) is 4.79 Å². The fourth-order valence-corrected chi connectivity index (χ4v) is 2.85. The smallest absolute Gasteiger partial charge is 0.340 e. The van der Waals surface area contributed by atoms with Crippen molar-refractivity contribution < 1.29 is 19.5 Å². The summed E-state index contributed by atoms with van der Waals surface area (Å²) in [7, 11) is 0. The molecule has 0 aliphatic carbocycles. The highest BCUT2D eigenvalue weighted by Crippen LogP contribution is 2.24. The number of primary amides is 1. The molecule has 1 atom stereocenters. The lowest BCUT2D eigenvalue weighted by molar-refractivity contribution is -0.117. The van der Waals surface area contributed by atoms with E-state index in [1.807, 2.05) is 6.26 Å². The van der Waals surface area contributed by atoms with Crippen molar-refractivity contribution in [1.82, 2.24) is 9.69 Å². The van der Waals surface area contributed by atoms with Crippen molar-refractivity contribution in [3.8, 4) is 0 Å². The Labute approximate surface area is 129 Å². The van der Waals surface area contributed by atoms with Crippen LogP contribution in [0.2, 0.25) is 0 Å². The maximum atomic E-state index is 12.1. The van der Waals surface area contributed by atoms with Crippen LogP contribution in [-0.2, 0) is 4.79 Å². The molecule has 5 N–H and O–H groups in total. The maximum absolute atomic E-state index is 12.1. The van der Waals surface area contributed by atoms with Gasteiger partial charge in [0.05, 0.1) is 5.69 Å². The number of amides is 3. The zero-order valence-corrected chi connectivity index (χ0v) is 13.1. The molecule has 0 spiro atoms. The van der Waals surface area contributed by atoms with Gasteiger partial charge in [-0.1, -0.05) is 0 Å². The van der Waals surface area contributed by atoms with Gasteiger partial charge in [0.1, 0.15) is 16.6 Å². The predicted octanol–water partition coefficient (Wildman–Crippen LogP) is 0.878. The first-order valence-electron chi connectivity index (χ1n) is 5.92. The zero-order valence-electron chi connectivity index (χ0n) is 11.5. The predicted molar refractivity (Wildman–Crippen MR) is 81.9 cm³/mol. The first-order chi connectivity index (χ1) is 9.86. The van der Waals surface area contributed by atoms with Crippen molar-refractivity contribution in [3.05, 3.63) is 11.3 Å². The van der Waals surface area contributed by atoms with Crippen LogP contribution in [0.15, 0.2) is 0 Å². The SMILES string of the molecule is CSCCC(NC(N)=O)C(=O)Nc1snc(C)c1C(=O)O. The number of nitrogens with one attached hydrogen (secondary N) is 2. The maximum Gasteiger partial charge on any atom is 0.340 e. The van der Waals surface area contributed by atoms with Crippen LogP contribution < -0.4 is 16.4 Å². The summed E-state index contributed by atoms with van der Waals surface area (Å²) in [4.78, 5) is 34.2. The van der Waals surface area contributed by atoms with E-state index < -0.39 is 23.9 Å². The van der Waals surface area contributed by atoms with Crippen molar-refractivity contribution in [3.63, 3.8) is 0 Å². The lowest BCUT2D eigenvalue weighted by Crippen LogP contribution is -2.46. The molecular weight excluding hydrogens is 316 g/mol. The zero-order chi connectivity index (χ0) is 16.0. The number of anilines is 1. The molecule has 0 saturated carbocycles. The molecule has 10 heteroatoms. The number of thioether (sulfide) groups is 1. The summed E-state index contributed by atoms with van der Waals surface area (Å²) in [6.45, 7) is 1.54. The second kappa shape index (κ2) is 7.84. The van der Waals surface area contributed by atoms with E-state index >= 15 is 0 Å². The van der Waals surface area contributed by atoms with E-state index in [1.54, 1.807) is 6.92 Å². The number of rotatable bonds is 7. The van der Waals surface area contributed by atoms with E-state index in [0.29, 0.717) is 17.9 Å². The van der Waals surface area contributed by atoms with Gasteiger partial charge >= 0.3 is 12.0 Å². The van der Waals surface area contributed by atoms with Crippen LogP contribution in [0.4, 0.5) is 9.80 Å². The minimum absolute atomic E-state index is 0.0453. The van der Waals surface area contributed by atoms with Crippen LogP contribution in [0.5, 0.6) is 0 Å². The molecule has 8 nitrogen and oxygen atoms in total. The number of urea groups is 1. The first kappa shape index (κ1) is 17.2. The lowest BCUT2D eigenvalue weighted by atomic mass is 10.2. The summed E-state index contributed by atoms with van der Waals surface area (Å²) in [5, 5.41) is 14.1. The van der Waals surface area contributed by atoms with E-state index in [4.69, 9.17) is 10.8 Å². The highest BCUT2D eigenvalue weighted by molar-refractivity contribution is 7.98. The number of carboxylic acids is 1. The van der Waals surface area contributed by atoms with Crippen molar-refractivity contribution in [2.24, 2.45) is 5.73 Å². The number of carbonyl (C=O) groups excluding carboxylic acids is 2. The highest BCUT2D eigenvalue weighted by Gasteiger charge is 2.24. The molecule has 0 fully saturated rings. The Kier molecular flexibility index (Phi) is 6.43. The van der Waals surface area contributed by atoms with Crippen LogP contribution in [0, 0.1) is 6.92 Å². The molecule has 1 aromatic heterocycles. The van der Waals surface area contributed by atoms with E-state index in [0.717, 1.165) is 11.5 Å². The molecule has 21 heavy (non-hydrogen) atoms. The van der Waals surface area contributed by atoms with E-state index in [2.05, 4.69) is 15.0 Å². The Morgan fingerprint density at radius 2 is 2.14 bits per heavy atom. The van der Waals surface area contributed by atoms with Gasteiger partial charge in [0, 0.05) is 0 Å². The Bertz CT molecular complexity index is 546. The number of aromatic nitrogens is 1. The second-order valence-electron chi connectivity index (χ2n) is 4.11. The molecule has 1 heterocycles. The summed E-state index contributed by atoms with van der Waals surface area (Å²) < 4.78 is 3.90. The van der Waals surface area contributed by atoms with Crippen LogP contribution in [0.3, 0.4) is 0 Å². The van der Waals surface area contributed by atoms with Crippen LogP contribution in [0.25, 0.3) is 0 Å². The van der Waals surface area contributed by atoms with Crippen LogP contribution in [0.1, 0.15) is 22.5 Å². The van der Waals surface area contributed by atoms with Gasteiger partial charge in [-0.25, -0.2) is 9.59 Å². The average Bonchev–Trinajstić information content (AvgIpc) is 2.75. The van der Waals surface area contributed by atoms with Gasteiger partial charge in [0.2, 0.25) is 5.91 Å². The van der Waals surface area contributed by atoms with Gasteiger partial charge in [-0.05, 0) is 36.9 Å². The van der Waals surface area contributed by atoms with E-state index in [-0.39, 0.29) is 10.6 Å². The minimum Gasteiger partial charge on any atom is -0.478 e. The summed E-state index contributed by atoms with van der Waals surface area (Å²) in [6.07, 6.45) is 2.25. The quantitative estimate of drug-likeness (QED) is 0.585. The number of nitrogens with zero attached hydrogens (tertiary/aromatic N) is 1. The van der Waals surface area contributed by atoms with Gasteiger partial charge in [-0.2, -0.15) is 16.1 Å². The molecular formula is C11H16N4O4S2. The molecule has 0 bridgehead atoms. The third-order valence-electron chi connectivity index (χ3n) is 2.56. The number of hydrogen-bond acceptors (Lipinski definition) is 6. The summed E-state index contributed by atoms with van der Waals surface area (Å²) in [6, 6.07) is -1.63. The lowest BCUT2D eigenvalue weighted by Gasteiger charge is -2.16. The second-order valence-corrected chi connectivity index (χ2v) is 5.87. The number of nitrogens with two attached hydrogens (primary N) is 1. The van der Waals surface area contributed by atoms with Gasteiger partial charge in [0.25, 0.3) is 0 Å². The Morgan fingerprint density at radius 3 is 2.67 bits per heavy atom. The third kappa shape index (κ3) is 4.90. The van der Waals surface area contributed by atoms with Gasteiger partial charge in [-0.15, -0.1) is 0 Å². The average molecular weight is 332 g/mol. The molecule has 0 aromatic carbocycles. The van der Waals surface area contributed by atoms with Gasteiger partial charge < -0.3 is 21.5 Å². The number of carbonyl (C=O) groups is 3. The van der Waals surface area contributed by atoms with Crippen molar-refractivity contribution in [2.75, 3.05) is 17.3 Å². The van der Waals surface area contributed by atoms with E-state index in [9.17, 15) is 14.4 Å². The molecule has 0 aliphatic heterocycles. The largest absolute Gasteiger partial charge is 0.478 e. The minimum atomic E-state index is -1.17. The molecule has 0 radical (unpaired) electrons. The first-order valence-corrected chi connectivity index (χ1v) is 8.08. The van der Waals surface area contributed by atoms with E-state index in [1.165, 1.54) is 11.8 Å². The van der Waals surface area contributed by atoms with Crippen molar-refractivity contribution in [1.29, 1.82) is 0 Å². The van der Waals surface area contributed by atoms with Crippen molar-refractivity contribution >= 4 is 46.2 Å². The van der Waals surface area contributed by atoms with Crippen LogP contribution in [-0.4, -0.2) is 45.4 Å². The topological polar surface area (TPSA) is 134 Å². The molecule has 0 aliphatic rings. The summed E-state index contributed by atoms with van der Waals surface area (Å²) in [5.74, 6) is -1.04. The molecule has 116 valence electrons. The Morgan fingerprint density at radius 1 is 1.48 bits per heavy atom. The molecule has 0 saturated heterocycles. The fraction of sp³-hybridized carbons (Fsp3) is 0.455. The highest BCUT2D eigenvalue weighted by atomic mass is 32.2. The molecule has 1 aromatic rings. The van der Waals surface area contributed by atoms with Crippen LogP contribution >= 0.6 is 23.3 Å². The number of aryl methyl sites for hydroxylation is 1. The molecule has 1 rings (SSSR count).